The van der Waals surface area contributed by atoms with Crippen LogP contribution in [0, 0.1) is 23.7 Å². The monoisotopic (exact) mass is 1210 g/mol. The lowest BCUT2D eigenvalue weighted by Crippen LogP contribution is -2.55. The van der Waals surface area contributed by atoms with Gasteiger partial charge in [-0.2, -0.15) is 0 Å². The summed E-state index contributed by atoms with van der Waals surface area (Å²) >= 11 is 0. The lowest BCUT2D eigenvalue weighted by atomic mass is 9.99. The fourth-order valence-electron chi connectivity index (χ4n) is 11.2. The first kappa shape index (κ1) is 67.1. The van der Waals surface area contributed by atoms with Gasteiger partial charge < -0.3 is 47.7 Å². The minimum Gasteiger partial charge on any atom is -0.451 e. The van der Waals surface area contributed by atoms with Crippen LogP contribution in [-0.4, -0.2) is 163 Å². The van der Waals surface area contributed by atoms with Crippen LogP contribution in [0.2, 0.25) is 0 Å². The summed E-state index contributed by atoms with van der Waals surface area (Å²) in [5.41, 5.74) is 5.05. The largest absolute Gasteiger partial charge is 0.451 e. The van der Waals surface area contributed by atoms with Gasteiger partial charge in [0.25, 0.3) is 23.6 Å². The van der Waals surface area contributed by atoms with Gasteiger partial charge in [-0.05, 0) is 110 Å². The van der Waals surface area contributed by atoms with Crippen LogP contribution in [-0.2, 0) is 83.2 Å². The molecule has 0 aliphatic carbocycles. The average molecular weight is 1210 g/mol. The molecule has 1 aliphatic heterocycles. The first-order valence-corrected chi connectivity index (χ1v) is 30.5. The molecule has 7 rings (SSSR count). The maximum atomic E-state index is 15.1. The van der Waals surface area contributed by atoms with Gasteiger partial charge in [0.15, 0.2) is 24.4 Å². The fourth-order valence-corrected chi connectivity index (χ4v) is 11.2. The molecule has 0 saturated carbocycles. The summed E-state index contributed by atoms with van der Waals surface area (Å²) in [6.45, 7) is 18.7. The van der Waals surface area contributed by atoms with Gasteiger partial charge in [0.2, 0.25) is 0 Å². The molecule has 4 aromatic heterocycles. The summed E-state index contributed by atoms with van der Waals surface area (Å²) in [6.07, 6.45) is 5.00. The normalized spacial score (nSPS) is 22.3. The van der Waals surface area contributed by atoms with Crippen LogP contribution in [0.3, 0.4) is 0 Å². The van der Waals surface area contributed by atoms with E-state index in [2.05, 4.69) is 19.1 Å². The van der Waals surface area contributed by atoms with Gasteiger partial charge in [-0.1, -0.05) is 104 Å². The molecule has 88 heavy (non-hydrogen) atoms. The molecule has 6 aromatic rings. The number of amides is 4. The molecule has 0 bridgehead atoms. The first-order valence-electron chi connectivity index (χ1n) is 30.5. The molecule has 1 aliphatic rings. The zero-order valence-electron chi connectivity index (χ0n) is 53.5. The summed E-state index contributed by atoms with van der Waals surface area (Å²) < 4.78 is 28.5. The standard InChI is InChI=1S/C68H88N8O12/c1-41(2)31-53-65(81)85-45(9)61(77)71(11)56(34-44(7)8)68(84)88-60(36-48-17-21-50(22-18-48)40-76-30-26-52-24-28-70-38-58(52)76)64(80)74(14)54(32-42(3)4)66(82)86-46(10)62(78)72(12)55(33-43(5)6)67(83)87-59(63(79)73(53)13)35-47-15-19-49(20-16-47)39-75-29-25-51-23-27-69-37-57(51)75/h15-30,37-38,41-46,53-56,59-60H,31-36,39-40H2,1-14H3/t45-,46-,53+,54+,55+,56+,59-,60-/m1/s1. The Labute approximate surface area is 516 Å². The van der Waals surface area contributed by atoms with Crippen LogP contribution in [0.15, 0.2) is 110 Å². The van der Waals surface area contributed by atoms with Crippen molar-refractivity contribution < 1.29 is 57.3 Å². The Morgan fingerprint density at radius 2 is 0.670 bits per heavy atom. The molecule has 2 aromatic carbocycles. The SMILES string of the molecule is CC(C)C[C@H]1C(=O)O[C@H](Cc2ccc(Cn3ccc4ccncc43)cc2)C(=O)N(C)[C@@H](CC(C)C)C(=O)O[C@H](C)C(=O)N(C)[C@@H](CC(C)C)C(=O)O[C@H](Cc2ccc(Cn3ccc4ccncc43)cc2)C(=O)N(C)[C@@H](CC(C)C)C(=O)O[C@H](C)C(=O)N1C. The maximum Gasteiger partial charge on any atom is 0.329 e. The Morgan fingerprint density at radius 1 is 0.386 bits per heavy atom. The molecule has 5 heterocycles. The smallest absolute Gasteiger partial charge is 0.329 e. The van der Waals surface area contributed by atoms with E-state index < -0.39 is 96.1 Å². The third-order valence-electron chi connectivity index (χ3n) is 16.2. The summed E-state index contributed by atoms with van der Waals surface area (Å²) in [5, 5.41) is 2.08. The van der Waals surface area contributed by atoms with Gasteiger partial charge in [0.05, 0.1) is 23.4 Å². The third kappa shape index (κ3) is 17.0. The quantitative estimate of drug-likeness (QED) is 0.0655. The minimum absolute atomic E-state index is 0.0789. The number of cyclic esters (lactones) is 4. The number of rotatable bonds is 16. The van der Waals surface area contributed by atoms with E-state index in [-0.39, 0.29) is 62.2 Å². The molecule has 1 fully saturated rings. The number of carbonyl (C=O) groups is 8. The Bertz CT molecular complexity index is 3170. The van der Waals surface area contributed by atoms with Gasteiger partial charge in [0, 0.05) is 89.7 Å². The molecular formula is C68H88N8O12. The molecule has 20 heteroatoms. The number of hydrogen-bond acceptors (Lipinski definition) is 14. The number of esters is 4. The van der Waals surface area contributed by atoms with Gasteiger partial charge in [0.1, 0.15) is 24.2 Å². The number of aromatic nitrogens is 4. The van der Waals surface area contributed by atoms with Crippen LogP contribution >= 0.6 is 0 Å². The van der Waals surface area contributed by atoms with E-state index in [9.17, 15) is 28.8 Å². The maximum absolute atomic E-state index is 15.1. The predicted octanol–water partition coefficient (Wildman–Crippen LogP) is 8.46. The van der Waals surface area contributed by atoms with Crippen molar-refractivity contribution in [3.05, 3.63) is 132 Å². The fraction of sp³-hybridized carbons (Fsp3) is 0.500. The Hall–Kier alpha value is -8.42. The van der Waals surface area contributed by atoms with Crippen molar-refractivity contribution in [2.75, 3.05) is 28.2 Å². The van der Waals surface area contributed by atoms with Crippen molar-refractivity contribution in [2.45, 2.75) is 169 Å². The van der Waals surface area contributed by atoms with Crippen LogP contribution in [0.1, 0.15) is 117 Å². The summed E-state index contributed by atoms with van der Waals surface area (Å²) in [4.78, 5) is 132. The molecule has 472 valence electrons. The molecule has 0 spiro atoms. The second-order valence-electron chi connectivity index (χ2n) is 25.2. The summed E-state index contributed by atoms with van der Waals surface area (Å²) in [5.74, 6) is -7.45. The van der Waals surface area contributed by atoms with Crippen molar-refractivity contribution >= 4 is 69.3 Å². The number of hydrogen-bond donors (Lipinski definition) is 0. The Balaban J connectivity index is 1.24. The van der Waals surface area contributed by atoms with Crippen molar-refractivity contribution in [3.8, 4) is 0 Å². The lowest BCUT2D eigenvalue weighted by Gasteiger charge is -2.35. The van der Waals surface area contributed by atoms with Crippen molar-refractivity contribution in [3.63, 3.8) is 0 Å². The predicted molar refractivity (Wildman–Crippen MR) is 333 cm³/mol. The van der Waals surface area contributed by atoms with Crippen LogP contribution < -0.4 is 0 Å². The Kier molecular flexibility index (Phi) is 22.9. The second kappa shape index (κ2) is 30.0. The van der Waals surface area contributed by atoms with Crippen LogP contribution in [0.5, 0.6) is 0 Å². The number of benzene rings is 2. The van der Waals surface area contributed by atoms with E-state index in [4.69, 9.17) is 18.9 Å². The van der Waals surface area contributed by atoms with Crippen molar-refractivity contribution in [1.29, 1.82) is 0 Å². The van der Waals surface area contributed by atoms with Crippen molar-refractivity contribution in [2.24, 2.45) is 23.7 Å². The van der Waals surface area contributed by atoms with E-state index in [1.807, 2.05) is 141 Å². The Morgan fingerprint density at radius 3 is 0.977 bits per heavy atom. The molecule has 4 amide bonds. The minimum atomic E-state index is -1.54. The molecule has 1 saturated heterocycles. The molecule has 20 nitrogen and oxygen atoms in total. The zero-order chi connectivity index (χ0) is 64.3. The van der Waals surface area contributed by atoms with E-state index in [1.54, 1.807) is 24.8 Å². The van der Waals surface area contributed by atoms with Crippen LogP contribution in [0.25, 0.3) is 21.8 Å². The van der Waals surface area contributed by atoms with Gasteiger partial charge in [-0.3, -0.25) is 29.1 Å². The summed E-state index contributed by atoms with van der Waals surface area (Å²) in [7, 11) is 5.60. The number of fused-ring (bicyclic) bond motifs is 2. The third-order valence-corrected chi connectivity index (χ3v) is 16.2. The number of likely N-dealkylation sites (N-methyl/N-ethyl adjacent to an activating group) is 4. The zero-order valence-corrected chi connectivity index (χ0v) is 53.5. The second-order valence-corrected chi connectivity index (χ2v) is 25.2. The topological polar surface area (TPSA) is 222 Å². The molecule has 8 atom stereocenters. The summed E-state index contributed by atoms with van der Waals surface area (Å²) in [6, 6.07) is 17.7. The molecule has 0 unspecified atom stereocenters. The van der Waals surface area contributed by atoms with Crippen LogP contribution in [0.4, 0.5) is 0 Å². The van der Waals surface area contributed by atoms with E-state index >= 15 is 9.59 Å². The van der Waals surface area contributed by atoms with E-state index in [1.165, 1.54) is 51.8 Å². The molecule has 0 radical (unpaired) electrons. The first-order chi connectivity index (χ1) is 41.7. The van der Waals surface area contributed by atoms with Crippen molar-refractivity contribution in [1.82, 2.24) is 38.7 Å². The average Bonchev–Trinajstić information content (AvgIpc) is 4.18. The molecular weight excluding hydrogens is 1120 g/mol. The van der Waals surface area contributed by atoms with Gasteiger partial charge in [-0.25, -0.2) is 19.2 Å². The van der Waals surface area contributed by atoms with E-state index in [0.29, 0.717) is 24.2 Å². The highest BCUT2D eigenvalue weighted by atomic mass is 16.6. The number of carbonyl (C=O) groups excluding carboxylic acids is 8. The van der Waals surface area contributed by atoms with Gasteiger partial charge in [-0.15, -0.1) is 0 Å². The lowest BCUT2D eigenvalue weighted by molar-refractivity contribution is -0.176. The van der Waals surface area contributed by atoms with E-state index in [0.717, 1.165) is 42.7 Å². The highest BCUT2D eigenvalue weighted by Gasteiger charge is 2.43. The number of ether oxygens (including phenoxy) is 4. The molecule has 0 N–H and O–H groups in total. The van der Waals surface area contributed by atoms with Gasteiger partial charge >= 0.3 is 23.9 Å². The number of nitrogens with zero attached hydrogens (tertiary/aromatic N) is 8. The highest BCUT2D eigenvalue weighted by molar-refractivity contribution is 5.94. The number of pyridine rings is 2. The highest BCUT2D eigenvalue weighted by Crippen LogP contribution is 2.26.